The van der Waals surface area contributed by atoms with E-state index in [-0.39, 0.29) is 11.9 Å². The van der Waals surface area contributed by atoms with E-state index in [9.17, 15) is 4.79 Å². The number of nitrogens with two attached hydrogens (primary N) is 1. The lowest BCUT2D eigenvalue weighted by Gasteiger charge is -2.17. The van der Waals surface area contributed by atoms with Gasteiger partial charge in [0.1, 0.15) is 0 Å². The molecule has 16 heavy (non-hydrogen) atoms. The number of hydrogen-bond donors (Lipinski definition) is 2. The zero-order chi connectivity index (χ0) is 12.0. The minimum atomic E-state index is -0.408. The number of pyridine rings is 1. The van der Waals surface area contributed by atoms with Crippen LogP contribution in [-0.4, -0.2) is 16.9 Å². The fraction of sp³-hybridized carbons (Fsp3) is 0.500. The lowest BCUT2D eigenvalue weighted by molar-refractivity contribution is -0.123. The minimum Gasteiger partial charge on any atom is -0.348 e. The van der Waals surface area contributed by atoms with E-state index in [1.54, 1.807) is 12.4 Å². The standard InChI is InChI=1S/C12H19N3O/c1-3-4-11(13)12(16)15-9(2)10-5-7-14-8-6-10/h5-9,11H,3-4,13H2,1-2H3,(H,15,16)/t9?,11-/m0/s1. The summed E-state index contributed by atoms with van der Waals surface area (Å²) in [6, 6.07) is 3.33. The van der Waals surface area contributed by atoms with E-state index in [0.717, 1.165) is 18.4 Å². The van der Waals surface area contributed by atoms with Crippen LogP contribution < -0.4 is 11.1 Å². The monoisotopic (exact) mass is 221 g/mol. The molecule has 88 valence electrons. The van der Waals surface area contributed by atoms with E-state index in [0.29, 0.717) is 0 Å². The summed E-state index contributed by atoms with van der Waals surface area (Å²) in [5.74, 6) is -0.0915. The average Bonchev–Trinajstić information content (AvgIpc) is 2.30. The first-order valence-electron chi connectivity index (χ1n) is 5.61. The largest absolute Gasteiger partial charge is 0.348 e. The first-order valence-corrected chi connectivity index (χ1v) is 5.61. The Bertz CT molecular complexity index is 326. The van der Waals surface area contributed by atoms with E-state index < -0.39 is 6.04 Å². The maximum atomic E-state index is 11.7. The Morgan fingerprint density at radius 1 is 1.50 bits per heavy atom. The number of rotatable bonds is 5. The van der Waals surface area contributed by atoms with Crippen LogP contribution in [0, 0.1) is 0 Å². The summed E-state index contributed by atoms with van der Waals surface area (Å²) in [6.45, 7) is 3.95. The molecule has 0 saturated heterocycles. The normalized spacial score (nSPS) is 14.2. The number of nitrogens with zero attached hydrogens (tertiary/aromatic N) is 1. The van der Waals surface area contributed by atoms with Gasteiger partial charge in [-0.1, -0.05) is 13.3 Å². The van der Waals surface area contributed by atoms with Crippen LogP contribution in [0.25, 0.3) is 0 Å². The zero-order valence-electron chi connectivity index (χ0n) is 9.81. The molecular formula is C12H19N3O. The van der Waals surface area contributed by atoms with Crippen LogP contribution in [0.5, 0.6) is 0 Å². The maximum Gasteiger partial charge on any atom is 0.237 e. The highest BCUT2D eigenvalue weighted by molar-refractivity contribution is 5.81. The third kappa shape index (κ3) is 3.62. The summed E-state index contributed by atoms with van der Waals surface area (Å²) in [5.41, 5.74) is 6.76. The molecular weight excluding hydrogens is 202 g/mol. The molecule has 1 aromatic rings. The summed E-state index contributed by atoms with van der Waals surface area (Å²) in [5, 5.41) is 2.89. The van der Waals surface area contributed by atoms with Gasteiger partial charge < -0.3 is 11.1 Å². The van der Waals surface area contributed by atoms with Crippen LogP contribution in [0.1, 0.15) is 38.3 Å². The molecule has 0 fully saturated rings. The molecule has 0 radical (unpaired) electrons. The van der Waals surface area contributed by atoms with Crippen molar-refractivity contribution in [2.45, 2.75) is 38.8 Å². The van der Waals surface area contributed by atoms with Crippen LogP contribution in [0.3, 0.4) is 0 Å². The van der Waals surface area contributed by atoms with Crippen molar-refractivity contribution < 1.29 is 4.79 Å². The molecule has 0 aromatic carbocycles. The van der Waals surface area contributed by atoms with Crippen molar-refractivity contribution in [1.82, 2.24) is 10.3 Å². The van der Waals surface area contributed by atoms with Crippen molar-refractivity contribution in [2.24, 2.45) is 5.73 Å². The number of hydrogen-bond acceptors (Lipinski definition) is 3. The SMILES string of the molecule is CCC[C@H](N)C(=O)NC(C)c1ccncc1. The van der Waals surface area contributed by atoms with Gasteiger partial charge in [0, 0.05) is 12.4 Å². The van der Waals surface area contributed by atoms with E-state index >= 15 is 0 Å². The third-order valence-electron chi connectivity index (χ3n) is 2.50. The molecule has 4 nitrogen and oxygen atoms in total. The number of aromatic nitrogens is 1. The Labute approximate surface area is 96.3 Å². The van der Waals surface area contributed by atoms with Gasteiger partial charge in [-0.05, 0) is 31.0 Å². The highest BCUT2D eigenvalue weighted by Gasteiger charge is 2.15. The van der Waals surface area contributed by atoms with Crippen molar-refractivity contribution >= 4 is 5.91 Å². The van der Waals surface area contributed by atoms with Crippen LogP contribution >= 0.6 is 0 Å². The molecule has 0 saturated carbocycles. The number of carbonyl (C=O) groups excluding carboxylic acids is 1. The van der Waals surface area contributed by atoms with Gasteiger partial charge in [0.15, 0.2) is 0 Å². The Hall–Kier alpha value is -1.42. The molecule has 4 heteroatoms. The van der Waals surface area contributed by atoms with Gasteiger partial charge in [0.05, 0.1) is 12.1 Å². The topological polar surface area (TPSA) is 68.0 Å². The second kappa shape index (κ2) is 6.23. The van der Waals surface area contributed by atoms with Crippen LogP contribution in [0.2, 0.25) is 0 Å². The average molecular weight is 221 g/mol. The Kier molecular flexibility index (Phi) is 4.92. The molecule has 0 aliphatic heterocycles. The van der Waals surface area contributed by atoms with Crippen LogP contribution in [0.15, 0.2) is 24.5 Å². The fourth-order valence-corrected chi connectivity index (χ4v) is 1.50. The van der Waals surface area contributed by atoms with E-state index in [4.69, 9.17) is 5.73 Å². The van der Waals surface area contributed by atoms with E-state index in [1.165, 1.54) is 0 Å². The van der Waals surface area contributed by atoms with Gasteiger partial charge >= 0.3 is 0 Å². The fourth-order valence-electron chi connectivity index (χ4n) is 1.50. The van der Waals surface area contributed by atoms with Crippen molar-refractivity contribution in [3.8, 4) is 0 Å². The summed E-state index contributed by atoms with van der Waals surface area (Å²) >= 11 is 0. The van der Waals surface area contributed by atoms with Crippen molar-refractivity contribution in [1.29, 1.82) is 0 Å². The number of carbonyl (C=O) groups is 1. The number of nitrogens with one attached hydrogen (secondary N) is 1. The quantitative estimate of drug-likeness (QED) is 0.789. The van der Waals surface area contributed by atoms with E-state index in [1.807, 2.05) is 26.0 Å². The predicted octanol–water partition coefficient (Wildman–Crippen LogP) is 1.39. The van der Waals surface area contributed by atoms with Gasteiger partial charge in [-0.3, -0.25) is 9.78 Å². The van der Waals surface area contributed by atoms with Gasteiger partial charge in [0.2, 0.25) is 5.91 Å². The number of amides is 1. The summed E-state index contributed by atoms with van der Waals surface area (Å²) in [7, 11) is 0. The minimum absolute atomic E-state index is 0.0293. The van der Waals surface area contributed by atoms with Crippen molar-refractivity contribution in [2.75, 3.05) is 0 Å². The zero-order valence-corrected chi connectivity index (χ0v) is 9.81. The Morgan fingerprint density at radius 2 is 2.12 bits per heavy atom. The molecule has 1 heterocycles. The summed E-state index contributed by atoms with van der Waals surface area (Å²) < 4.78 is 0. The molecule has 3 N–H and O–H groups in total. The maximum absolute atomic E-state index is 11.7. The molecule has 1 amide bonds. The second-order valence-electron chi connectivity index (χ2n) is 3.91. The van der Waals surface area contributed by atoms with Gasteiger partial charge in [-0.25, -0.2) is 0 Å². The van der Waals surface area contributed by atoms with Crippen LogP contribution in [-0.2, 0) is 4.79 Å². The summed E-state index contributed by atoms with van der Waals surface area (Å²) in [6.07, 6.45) is 5.06. The molecule has 0 aliphatic rings. The second-order valence-corrected chi connectivity index (χ2v) is 3.91. The third-order valence-corrected chi connectivity index (χ3v) is 2.50. The molecule has 1 aromatic heterocycles. The van der Waals surface area contributed by atoms with Gasteiger partial charge in [-0.2, -0.15) is 0 Å². The lowest BCUT2D eigenvalue weighted by atomic mass is 10.1. The first-order chi connectivity index (χ1) is 7.65. The highest BCUT2D eigenvalue weighted by Crippen LogP contribution is 2.10. The van der Waals surface area contributed by atoms with Gasteiger partial charge in [0.25, 0.3) is 0 Å². The molecule has 1 rings (SSSR count). The first kappa shape index (κ1) is 12.6. The van der Waals surface area contributed by atoms with Gasteiger partial charge in [-0.15, -0.1) is 0 Å². The highest BCUT2D eigenvalue weighted by atomic mass is 16.2. The predicted molar refractivity (Wildman–Crippen MR) is 63.7 cm³/mol. The van der Waals surface area contributed by atoms with Crippen molar-refractivity contribution in [3.63, 3.8) is 0 Å². The Balaban J connectivity index is 2.51. The molecule has 0 aliphatic carbocycles. The lowest BCUT2D eigenvalue weighted by Crippen LogP contribution is -2.41. The van der Waals surface area contributed by atoms with Crippen LogP contribution in [0.4, 0.5) is 0 Å². The van der Waals surface area contributed by atoms with E-state index in [2.05, 4.69) is 10.3 Å². The molecule has 0 bridgehead atoms. The summed E-state index contributed by atoms with van der Waals surface area (Å²) in [4.78, 5) is 15.6. The molecule has 0 spiro atoms. The smallest absolute Gasteiger partial charge is 0.237 e. The Morgan fingerprint density at radius 3 is 2.69 bits per heavy atom. The molecule has 1 unspecified atom stereocenters. The van der Waals surface area contributed by atoms with Crippen molar-refractivity contribution in [3.05, 3.63) is 30.1 Å². The molecule has 2 atom stereocenters.